The van der Waals surface area contributed by atoms with E-state index in [-0.39, 0.29) is 18.5 Å². The molecule has 0 aliphatic heterocycles. The molecule has 21 heavy (non-hydrogen) atoms. The number of rotatable bonds is 7. The fraction of sp³-hybridized carbons (Fsp3) is 0.294. The second-order valence-electron chi connectivity index (χ2n) is 4.75. The van der Waals surface area contributed by atoms with Crippen molar-refractivity contribution in [2.45, 2.75) is 19.6 Å². The Bertz CT molecular complexity index is 559. The minimum atomic E-state index is -0.226. The first-order valence-electron chi connectivity index (χ1n) is 7.02. The summed E-state index contributed by atoms with van der Waals surface area (Å²) in [6, 6.07) is 14.7. The number of nitrogens with one attached hydrogen (secondary N) is 1. The van der Waals surface area contributed by atoms with Gasteiger partial charge in [0.15, 0.2) is 0 Å². The summed E-state index contributed by atoms with van der Waals surface area (Å²) in [6.45, 7) is 3.89. The van der Waals surface area contributed by atoms with E-state index in [0.29, 0.717) is 12.1 Å². The van der Waals surface area contributed by atoms with E-state index in [1.807, 2.05) is 30.3 Å². The van der Waals surface area contributed by atoms with Gasteiger partial charge in [-0.1, -0.05) is 53.2 Å². The summed E-state index contributed by atoms with van der Waals surface area (Å²) in [5.41, 5.74) is 1.66. The van der Waals surface area contributed by atoms with Crippen LogP contribution in [0.15, 0.2) is 53.0 Å². The molecule has 0 amide bonds. The Morgan fingerprint density at radius 3 is 2.52 bits per heavy atom. The summed E-state index contributed by atoms with van der Waals surface area (Å²) < 4.78 is 20.6. The van der Waals surface area contributed by atoms with Crippen LogP contribution in [0, 0.1) is 5.82 Å². The average Bonchev–Trinajstić information content (AvgIpc) is 2.50. The lowest BCUT2D eigenvalue weighted by Gasteiger charge is -2.19. The van der Waals surface area contributed by atoms with Gasteiger partial charge in [0, 0.05) is 16.6 Å². The molecule has 0 fully saturated rings. The molecule has 0 saturated carbocycles. The predicted octanol–water partition coefficient (Wildman–Crippen LogP) is 4.46. The SMILES string of the molecule is CCNCC(OCc1ccccc1F)c1ccc(Br)cc1. The molecule has 2 rings (SSSR count). The maximum atomic E-state index is 13.6. The van der Waals surface area contributed by atoms with Crippen molar-refractivity contribution in [1.29, 1.82) is 0 Å². The summed E-state index contributed by atoms with van der Waals surface area (Å²) in [7, 11) is 0. The molecule has 0 radical (unpaired) electrons. The van der Waals surface area contributed by atoms with Gasteiger partial charge in [-0.2, -0.15) is 0 Å². The monoisotopic (exact) mass is 351 g/mol. The van der Waals surface area contributed by atoms with Gasteiger partial charge in [0.1, 0.15) is 5.82 Å². The Labute approximate surface area is 133 Å². The molecule has 1 unspecified atom stereocenters. The third-order valence-electron chi connectivity index (χ3n) is 3.22. The highest BCUT2D eigenvalue weighted by atomic mass is 79.9. The van der Waals surface area contributed by atoms with Gasteiger partial charge in [0.2, 0.25) is 0 Å². The molecule has 0 aromatic heterocycles. The zero-order chi connectivity index (χ0) is 15.1. The van der Waals surface area contributed by atoms with E-state index >= 15 is 0 Å². The van der Waals surface area contributed by atoms with Gasteiger partial charge in [0.25, 0.3) is 0 Å². The van der Waals surface area contributed by atoms with Crippen molar-refractivity contribution in [3.05, 3.63) is 69.9 Å². The molecule has 0 aliphatic rings. The topological polar surface area (TPSA) is 21.3 Å². The lowest BCUT2D eigenvalue weighted by atomic mass is 10.1. The van der Waals surface area contributed by atoms with Crippen LogP contribution in [-0.2, 0) is 11.3 Å². The van der Waals surface area contributed by atoms with Crippen LogP contribution < -0.4 is 5.32 Å². The second-order valence-corrected chi connectivity index (χ2v) is 5.67. The van der Waals surface area contributed by atoms with Crippen molar-refractivity contribution in [3.8, 4) is 0 Å². The number of ether oxygens (including phenoxy) is 1. The van der Waals surface area contributed by atoms with Crippen LogP contribution in [0.25, 0.3) is 0 Å². The molecule has 1 atom stereocenters. The lowest BCUT2D eigenvalue weighted by molar-refractivity contribution is 0.0386. The first-order chi connectivity index (χ1) is 10.2. The lowest BCUT2D eigenvalue weighted by Crippen LogP contribution is -2.23. The van der Waals surface area contributed by atoms with Crippen LogP contribution in [0.3, 0.4) is 0 Å². The van der Waals surface area contributed by atoms with Gasteiger partial charge in [-0.25, -0.2) is 4.39 Å². The third-order valence-corrected chi connectivity index (χ3v) is 3.75. The van der Waals surface area contributed by atoms with Gasteiger partial charge in [-0.05, 0) is 30.3 Å². The summed E-state index contributed by atoms with van der Waals surface area (Å²) in [5.74, 6) is -0.226. The van der Waals surface area contributed by atoms with E-state index in [9.17, 15) is 4.39 Å². The maximum absolute atomic E-state index is 13.6. The normalized spacial score (nSPS) is 12.3. The van der Waals surface area contributed by atoms with E-state index < -0.39 is 0 Å². The van der Waals surface area contributed by atoms with Crippen LogP contribution in [0.4, 0.5) is 4.39 Å². The highest BCUT2D eigenvalue weighted by Crippen LogP contribution is 2.21. The van der Waals surface area contributed by atoms with Crippen LogP contribution >= 0.6 is 15.9 Å². The van der Waals surface area contributed by atoms with Crippen molar-refractivity contribution < 1.29 is 9.13 Å². The Balaban J connectivity index is 2.06. The highest BCUT2D eigenvalue weighted by molar-refractivity contribution is 9.10. The van der Waals surface area contributed by atoms with Crippen LogP contribution in [0.2, 0.25) is 0 Å². The molecule has 0 heterocycles. The number of hydrogen-bond acceptors (Lipinski definition) is 2. The molecule has 2 aromatic rings. The molecule has 4 heteroatoms. The van der Waals surface area contributed by atoms with E-state index in [0.717, 1.165) is 16.6 Å². The van der Waals surface area contributed by atoms with Gasteiger partial charge >= 0.3 is 0 Å². The zero-order valence-electron chi connectivity index (χ0n) is 12.0. The number of hydrogen-bond donors (Lipinski definition) is 1. The number of likely N-dealkylation sites (N-methyl/N-ethyl adjacent to an activating group) is 1. The van der Waals surface area contributed by atoms with Crippen LogP contribution in [0.1, 0.15) is 24.2 Å². The van der Waals surface area contributed by atoms with E-state index in [2.05, 4.69) is 28.2 Å². The number of benzene rings is 2. The molecule has 0 bridgehead atoms. The Hall–Kier alpha value is -1.23. The fourth-order valence-electron chi connectivity index (χ4n) is 2.03. The van der Waals surface area contributed by atoms with Gasteiger partial charge in [0.05, 0.1) is 12.7 Å². The second kappa shape index (κ2) is 8.27. The number of halogens is 2. The van der Waals surface area contributed by atoms with Crippen molar-refractivity contribution in [3.63, 3.8) is 0 Å². The highest BCUT2D eigenvalue weighted by Gasteiger charge is 2.13. The molecule has 1 N–H and O–H groups in total. The third kappa shape index (κ3) is 4.92. The first kappa shape index (κ1) is 16.1. The van der Waals surface area contributed by atoms with Crippen molar-refractivity contribution in [1.82, 2.24) is 5.32 Å². The summed E-state index contributed by atoms with van der Waals surface area (Å²) in [6.07, 6.45) is -0.0994. The Kier molecular flexibility index (Phi) is 6.36. The van der Waals surface area contributed by atoms with Crippen molar-refractivity contribution >= 4 is 15.9 Å². The molecule has 0 saturated heterocycles. The van der Waals surface area contributed by atoms with Crippen LogP contribution in [0.5, 0.6) is 0 Å². The molecule has 2 aromatic carbocycles. The molecule has 0 spiro atoms. The van der Waals surface area contributed by atoms with Crippen molar-refractivity contribution in [2.24, 2.45) is 0 Å². The first-order valence-corrected chi connectivity index (χ1v) is 7.81. The molecular formula is C17H19BrFNO. The Morgan fingerprint density at radius 1 is 1.14 bits per heavy atom. The average molecular weight is 352 g/mol. The quantitative estimate of drug-likeness (QED) is 0.795. The Morgan fingerprint density at radius 2 is 1.86 bits per heavy atom. The van der Waals surface area contributed by atoms with Gasteiger partial charge in [-0.15, -0.1) is 0 Å². The predicted molar refractivity (Wildman–Crippen MR) is 86.6 cm³/mol. The minimum Gasteiger partial charge on any atom is -0.367 e. The zero-order valence-corrected chi connectivity index (χ0v) is 13.6. The van der Waals surface area contributed by atoms with Gasteiger partial charge in [-0.3, -0.25) is 0 Å². The summed E-state index contributed by atoms with van der Waals surface area (Å²) in [5, 5.41) is 3.28. The molecule has 2 nitrogen and oxygen atoms in total. The molecule has 112 valence electrons. The standard InChI is InChI=1S/C17H19BrFNO/c1-2-20-11-17(13-7-9-15(18)10-8-13)21-12-14-5-3-4-6-16(14)19/h3-10,17,20H,2,11-12H2,1H3. The summed E-state index contributed by atoms with van der Waals surface area (Å²) in [4.78, 5) is 0. The van der Waals surface area contributed by atoms with E-state index in [1.165, 1.54) is 6.07 Å². The fourth-order valence-corrected chi connectivity index (χ4v) is 2.30. The van der Waals surface area contributed by atoms with Crippen molar-refractivity contribution in [2.75, 3.05) is 13.1 Å². The summed E-state index contributed by atoms with van der Waals surface area (Å²) >= 11 is 3.43. The van der Waals surface area contributed by atoms with Gasteiger partial charge < -0.3 is 10.1 Å². The molecular weight excluding hydrogens is 333 g/mol. The maximum Gasteiger partial charge on any atom is 0.128 e. The minimum absolute atomic E-state index is 0.0994. The van der Waals surface area contributed by atoms with E-state index in [1.54, 1.807) is 12.1 Å². The van der Waals surface area contributed by atoms with E-state index in [4.69, 9.17) is 4.74 Å². The molecule has 0 aliphatic carbocycles. The van der Waals surface area contributed by atoms with Crippen LogP contribution in [-0.4, -0.2) is 13.1 Å². The largest absolute Gasteiger partial charge is 0.367 e. The smallest absolute Gasteiger partial charge is 0.128 e.